The van der Waals surface area contributed by atoms with E-state index in [1.54, 1.807) is 52.4 Å². The summed E-state index contributed by atoms with van der Waals surface area (Å²) in [6.45, 7) is 2.10. The van der Waals surface area contributed by atoms with Crippen molar-refractivity contribution in [1.29, 1.82) is 0 Å². The molecule has 5 nitrogen and oxygen atoms in total. The Hall–Kier alpha value is -1.27. The monoisotopic (exact) mass is 272 g/mol. The van der Waals surface area contributed by atoms with Gasteiger partial charge in [0.15, 0.2) is 0 Å². The Morgan fingerprint density at radius 1 is 1.44 bits per heavy atom. The van der Waals surface area contributed by atoms with Gasteiger partial charge in [0.2, 0.25) is 10.0 Å². The summed E-state index contributed by atoms with van der Waals surface area (Å²) >= 11 is 0. The number of benzene rings is 1. The summed E-state index contributed by atoms with van der Waals surface area (Å²) in [7, 11) is 1.47. The van der Waals surface area contributed by atoms with Crippen molar-refractivity contribution in [2.24, 2.45) is 0 Å². The van der Waals surface area contributed by atoms with Crippen LogP contribution < -0.4 is 14.4 Å². The number of ether oxygens (including phenoxy) is 1. The summed E-state index contributed by atoms with van der Waals surface area (Å²) < 4.78 is 30.9. The van der Waals surface area contributed by atoms with Crippen molar-refractivity contribution in [2.45, 2.75) is 12.2 Å². The molecule has 0 spiro atoms. The highest BCUT2D eigenvalue weighted by atomic mass is 32.2. The summed E-state index contributed by atoms with van der Waals surface area (Å²) in [6.07, 6.45) is 0. The summed E-state index contributed by atoms with van der Waals surface area (Å²) in [5, 5.41) is 2.38. The Labute approximate surface area is 109 Å². The van der Waals surface area contributed by atoms with Crippen LogP contribution in [0.2, 0.25) is 0 Å². The van der Waals surface area contributed by atoms with E-state index in [0.717, 1.165) is 0 Å². The first-order valence-electron chi connectivity index (χ1n) is 5.70. The fourth-order valence-electron chi connectivity index (χ4n) is 1.62. The van der Waals surface area contributed by atoms with Gasteiger partial charge in [0.05, 0.1) is 18.0 Å². The lowest BCUT2D eigenvalue weighted by molar-refractivity contribution is 0.415. The predicted octanol–water partition coefficient (Wildman–Crippen LogP) is 1.07. The Kier molecular flexibility index (Phi) is 4.98. The Balaban J connectivity index is 3.01. The largest absolute Gasteiger partial charge is 0.497 e. The molecule has 0 bridgehead atoms. The Bertz CT molecular complexity index is 488. The fraction of sp³-hybridized carbons (Fsp3) is 0.500. The zero-order valence-electron chi connectivity index (χ0n) is 11.2. The molecule has 1 aromatic rings. The van der Waals surface area contributed by atoms with Crippen LogP contribution in [0.1, 0.15) is 6.92 Å². The van der Waals surface area contributed by atoms with Crippen LogP contribution in [0.5, 0.6) is 5.75 Å². The average molecular weight is 272 g/mol. The van der Waals surface area contributed by atoms with Crippen molar-refractivity contribution in [3.8, 4) is 5.75 Å². The molecule has 0 fully saturated rings. The van der Waals surface area contributed by atoms with E-state index in [1.165, 1.54) is 4.31 Å². The SMILES string of the molecule is CNCC(C)S(=O)(=O)N(C)c1cccc(OC)c1. The minimum Gasteiger partial charge on any atom is -0.497 e. The van der Waals surface area contributed by atoms with Crippen molar-refractivity contribution in [1.82, 2.24) is 5.32 Å². The van der Waals surface area contributed by atoms with Crippen molar-refractivity contribution in [2.75, 3.05) is 32.1 Å². The molecular formula is C12H20N2O3S. The van der Waals surface area contributed by atoms with E-state index in [9.17, 15) is 8.42 Å². The number of hydrogen-bond acceptors (Lipinski definition) is 4. The quantitative estimate of drug-likeness (QED) is 0.841. The van der Waals surface area contributed by atoms with Gasteiger partial charge in [0, 0.05) is 19.7 Å². The third-order valence-corrected chi connectivity index (χ3v) is 4.96. The summed E-state index contributed by atoms with van der Waals surface area (Å²) in [5.41, 5.74) is 0.595. The van der Waals surface area contributed by atoms with E-state index in [0.29, 0.717) is 18.0 Å². The van der Waals surface area contributed by atoms with Crippen LogP contribution in [0.3, 0.4) is 0 Å². The highest BCUT2D eigenvalue weighted by Gasteiger charge is 2.25. The lowest BCUT2D eigenvalue weighted by Crippen LogP contribution is -2.39. The molecule has 0 saturated heterocycles. The molecule has 18 heavy (non-hydrogen) atoms. The number of hydrogen-bond donors (Lipinski definition) is 1. The molecule has 0 amide bonds. The predicted molar refractivity (Wildman–Crippen MR) is 73.7 cm³/mol. The van der Waals surface area contributed by atoms with Crippen LogP contribution in [0.4, 0.5) is 5.69 Å². The minimum absolute atomic E-state index is 0.413. The van der Waals surface area contributed by atoms with Gasteiger partial charge < -0.3 is 10.1 Å². The van der Waals surface area contributed by atoms with Gasteiger partial charge in [0.25, 0.3) is 0 Å². The minimum atomic E-state index is -3.36. The van der Waals surface area contributed by atoms with E-state index < -0.39 is 15.3 Å². The molecule has 0 aromatic heterocycles. The summed E-state index contributed by atoms with van der Waals surface area (Å²) in [4.78, 5) is 0. The molecule has 102 valence electrons. The van der Waals surface area contributed by atoms with Gasteiger partial charge in [0.1, 0.15) is 5.75 Å². The van der Waals surface area contributed by atoms with Gasteiger partial charge in [-0.15, -0.1) is 0 Å². The molecule has 0 aliphatic carbocycles. The molecule has 0 aliphatic rings. The zero-order chi connectivity index (χ0) is 13.8. The van der Waals surface area contributed by atoms with Crippen LogP contribution in [-0.2, 0) is 10.0 Å². The molecule has 6 heteroatoms. The lowest BCUT2D eigenvalue weighted by atomic mass is 10.3. The second-order valence-corrected chi connectivity index (χ2v) is 6.46. The molecule has 1 atom stereocenters. The molecule has 0 aliphatic heterocycles. The van der Waals surface area contributed by atoms with Crippen LogP contribution in [0.25, 0.3) is 0 Å². The topological polar surface area (TPSA) is 58.6 Å². The summed E-state index contributed by atoms with van der Waals surface area (Å²) in [6, 6.07) is 6.99. The van der Waals surface area contributed by atoms with Crippen LogP contribution >= 0.6 is 0 Å². The van der Waals surface area contributed by atoms with Gasteiger partial charge in [-0.3, -0.25) is 4.31 Å². The maximum absolute atomic E-state index is 12.3. The maximum atomic E-state index is 12.3. The Morgan fingerprint density at radius 3 is 2.67 bits per heavy atom. The van der Waals surface area contributed by atoms with Crippen molar-refractivity contribution in [3.63, 3.8) is 0 Å². The Morgan fingerprint density at radius 2 is 2.11 bits per heavy atom. The number of nitrogens with zero attached hydrogens (tertiary/aromatic N) is 1. The van der Waals surface area contributed by atoms with Crippen molar-refractivity contribution >= 4 is 15.7 Å². The van der Waals surface area contributed by atoms with E-state index in [-0.39, 0.29) is 0 Å². The fourth-order valence-corrected chi connectivity index (χ4v) is 2.94. The number of rotatable bonds is 6. The maximum Gasteiger partial charge on any atom is 0.238 e. The van der Waals surface area contributed by atoms with Gasteiger partial charge in [-0.1, -0.05) is 6.07 Å². The molecular weight excluding hydrogens is 252 g/mol. The lowest BCUT2D eigenvalue weighted by Gasteiger charge is -2.24. The highest BCUT2D eigenvalue weighted by molar-refractivity contribution is 7.93. The standard InChI is InChI=1S/C12H20N2O3S/c1-10(9-13-2)18(15,16)14(3)11-6-5-7-12(8-11)17-4/h5-8,10,13H,9H2,1-4H3. The second-order valence-electron chi connectivity index (χ2n) is 4.08. The van der Waals surface area contributed by atoms with Crippen LogP contribution in [0.15, 0.2) is 24.3 Å². The third kappa shape index (κ3) is 3.14. The first-order valence-corrected chi connectivity index (χ1v) is 7.20. The van der Waals surface area contributed by atoms with Crippen LogP contribution in [-0.4, -0.2) is 41.4 Å². The third-order valence-electron chi connectivity index (χ3n) is 2.80. The first-order chi connectivity index (χ1) is 8.43. The van der Waals surface area contributed by atoms with Gasteiger partial charge >= 0.3 is 0 Å². The van der Waals surface area contributed by atoms with Gasteiger partial charge in [-0.25, -0.2) is 8.42 Å². The zero-order valence-corrected chi connectivity index (χ0v) is 12.0. The van der Waals surface area contributed by atoms with Crippen LogP contribution in [0, 0.1) is 0 Å². The van der Waals surface area contributed by atoms with E-state index in [1.807, 2.05) is 0 Å². The number of sulfonamides is 1. The molecule has 1 N–H and O–H groups in total. The average Bonchev–Trinajstić information content (AvgIpc) is 2.38. The second kappa shape index (κ2) is 6.06. The van der Waals surface area contributed by atoms with E-state index >= 15 is 0 Å². The highest BCUT2D eigenvalue weighted by Crippen LogP contribution is 2.23. The molecule has 1 rings (SSSR count). The van der Waals surface area contributed by atoms with Crippen molar-refractivity contribution in [3.05, 3.63) is 24.3 Å². The normalized spacial score (nSPS) is 13.1. The van der Waals surface area contributed by atoms with Crippen molar-refractivity contribution < 1.29 is 13.2 Å². The smallest absolute Gasteiger partial charge is 0.238 e. The van der Waals surface area contributed by atoms with Gasteiger partial charge in [-0.05, 0) is 26.1 Å². The number of nitrogens with one attached hydrogen (secondary N) is 1. The number of methoxy groups -OCH3 is 1. The van der Waals surface area contributed by atoms with Gasteiger partial charge in [-0.2, -0.15) is 0 Å². The number of anilines is 1. The molecule has 0 radical (unpaired) electrons. The first kappa shape index (κ1) is 14.8. The molecule has 0 saturated carbocycles. The molecule has 1 aromatic carbocycles. The molecule has 1 unspecified atom stereocenters. The summed E-state index contributed by atoms with van der Waals surface area (Å²) in [5.74, 6) is 0.635. The molecule has 0 heterocycles. The van der Waals surface area contributed by atoms with E-state index in [2.05, 4.69) is 5.32 Å². The van der Waals surface area contributed by atoms with E-state index in [4.69, 9.17) is 4.74 Å².